The summed E-state index contributed by atoms with van der Waals surface area (Å²) in [5.74, 6) is 0.923. The van der Waals surface area contributed by atoms with Gasteiger partial charge in [0, 0.05) is 22.6 Å². The molecule has 0 N–H and O–H groups in total. The summed E-state index contributed by atoms with van der Waals surface area (Å²) in [4.78, 5) is 4.15. The van der Waals surface area contributed by atoms with Gasteiger partial charge in [-0.25, -0.2) is 4.98 Å². The molecule has 0 saturated heterocycles. The second-order valence-electron chi connectivity index (χ2n) is 3.12. The van der Waals surface area contributed by atoms with Gasteiger partial charge in [0.25, 0.3) is 0 Å². The van der Waals surface area contributed by atoms with Crippen LogP contribution in [-0.4, -0.2) is 9.55 Å². The molecule has 0 aliphatic rings. The van der Waals surface area contributed by atoms with Crippen LogP contribution in [0.5, 0.6) is 0 Å². The highest BCUT2D eigenvalue weighted by Crippen LogP contribution is 2.20. The Morgan fingerprint density at radius 3 is 2.80 bits per heavy atom. The molecule has 2 rings (SSSR count). The van der Waals surface area contributed by atoms with Gasteiger partial charge in [-0.05, 0) is 41.1 Å². The maximum Gasteiger partial charge on any atom is 0.110 e. The molecule has 0 aliphatic carbocycles. The van der Waals surface area contributed by atoms with Gasteiger partial charge in [-0.15, -0.1) is 0 Å². The number of rotatable bonds is 1. The minimum Gasteiger partial charge on any atom is -0.304 e. The summed E-state index contributed by atoms with van der Waals surface area (Å²) < 4.78 is 2.77. The topological polar surface area (TPSA) is 41.6 Å². The Hall–Kier alpha value is -1.60. The number of nitrogens with zero attached hydrogens (tertiary/aromatic N) is 3. The largest absolute Gasteiger partial charge is 0.304 e. The van der Waals surface area contributed by atoms with Gasteiger partial charge in [0.2, 0.25) is 0 Å². The Morgan fingerprint density at radius 1 is 1.47 bits per heavy atom. The summed E-state index contributed by atoms with van der Waals surface area (Å²) in [6.07, 6.45) is 3.64. The molecule has 2 aromatic rings. The van der Waals surface area contributed by atoms with Gasteiger partial charge in [-0.3, -0.25) is 0 Å². The molecule has 1 aromatic carbocycles. The first kappa shape index (κ1) is 9.94. The zero-order valence-electron chi connectivity index (χ0n) is 8.11. The first-order chi connectivity index (χ1) is 7.22. The number of aromatic nitrogens is 2. The number of hydrogen-bond donors (Lipinski definition) is 0. The van der Waals surface area contributed by atoms with Gasteiger partial charge in [0.15, 0.2) is 0 Å². The highest BCUT2D eigenvalue weighted by Gasteiger charge is 2.03. The van der Waals surface area contributed by atoms with Gasteiger partial charge >= 0.3 is 0 Å². The summed E-state index contributed by atoms with van der Waals surface area (Å²) in [7, 11) is 0. The van der Waals surface area contributed by atoms with E-state index in [4.69, 9.17) is 5.26 Å². The standard InChI is InChI=1S/C11H8BrN3/c1-8-14-4-5-15(8)10-3-2-9(7-13)11(12)6-10/h2-6H,1H3. The molecule has 15 heavy (non-hydrogen) atoms. The average Bonchev–Trinajstić information content (AvgIpc) is 2.64. The lowest BCUT2D eigenvalue weighted by Gasteiger charge is -2.05. The monoisotopic (exact) mass is 261 g/mol. The third kappa shape index (κ3) is 1.79. The van der Waals surface area contributed by atoms with Crippen LogP contribution in [-0.2, 0) is 0 Å². The first-order valence-electron chi connectivity index (χ1n) is 4.42. The zero-order valence-corrected chi connectivity index (χ0v) is 9.69. The predicted octanol–water partition coefficient (Wildman–Crippen LogP) is 2.81. The summed E-state index contributed by atoms with van der Waals surface area (Å²) in [6.45, 7) is 1.94. The van der Waals surface area contributed by atoms with Crippen molar-refractivity contribution in [2.75, 3.05) is 0 Å². The Kier molecular flexibility index (Phi) is 2.57. The Labute approximate surface area is 96.1 Å². The maximum absolute atomic E-state index is 8.80. The number of benzene rings is 1. The van der Waals surface area contributed by atoms with Gasteiger partial charge in [-0.2, -0.15) is 5.26 Å². The lowest BCUT2D eigenvalue weighted by atomic mass is 10.2. The first-order valence-corrected chi connectivity index (χ1v) is 5.21. The molecule has 0 aliphatic heterocycles. The fourth-order valence-corrected chi connectivity index (χ4v) is 1.85. The number of halogens is 1. The fraction of sp³-hybridized carbons (Fsp3) is 0.0909. The van der Waals surface area contributed by atoms with E-state index >= 15 is 0 Å². The quantitative estimate of drug-likeness (QED) is 0.792. The van der Waals surface area contributed by atoms with Crippen molar-refractivity contribution in [3.8, 4) is 11.8 Å². The second-order valence-corrected chi connectivity index (χ2v) is 3.97. The SMILES string of the molecule is Cc1nccn1-c1ccc(C#N)c(Br)c1. The molecule has 0 amide bonds. The highest BCUT2D eigenvalue weighted by atomic mass is 79.9. The van der Waals surface area contributed by atoms with Crippen molar-refractivity contribution in [2.24, 2.45) is 0 Å². The van der Waals surface area contributed by atoms with E-state index < -0.39 is 0 Å². The van der Waals surface area contributed by atoms with E-state index in [1.54, 1.807) is 12.3 Å². The van der Waals surface area contributed by atoms with Crippen LogP contribution in [0.2, 0.25) is 0 Å². The summed E-state index contributed by atoms with van der Waals surface area (Å²) in [5, 5.41) is 8.80. The number of nitriles is 1. The van der Waals surface area contributed by atoms with E-state index in [2.05, 4.69) is 27.0 Å². The van der Waals surface area contributed by atoms with Crippen LogP contribution >= 0.6 is 15.9 Å². The van der Waals surface area contributed by atoms with Crippen LogP contribution in [0, 0.1) is 18.3 Å². The molecule has 0 atom stereocenters. The predicted molar refractivity (Wildman–Crippen MR) is 60.7 cm³/mol. The molecule has 3 nitrogen and oxygen atoms in total. The third-order valence-corrected chi connectivity index (χ3v) is 2.83. The number of hydrogen-bond acceptors (Lipinski definition) is 2. The van der Waals surface area contributed by atoms with Gasteiger partial charge < -0.3 is 4.57 Å². The normalized spacial score (nSPS) is 9.93. The molecule has 0 saturated carbocycles. The summed E-state index contributed by atoms with van der Waals surface area (Å²) in [6, 6.07) is 7.71. The van der Waals surface area contributed by atoms with Crippen LogP contribution in [0.15, 0.2) is 35.1 Å². The van der Waals surface area contributed by atoms with Crippen molar-refractivity contribution in [3.63, 3.8) is 0 Å². The van der Waals surface area contributed by atoms with E-state index in [0.717, 1.165) is 16.0 Å². The molecule has 0 spiro atoms. The molecule has 74 valence electrons. The third-order valence-electron chi connectivity index (χ3n) is 2.18. The van der Waals surface area contributed by atoms with Crippen molar-refractivity contribution in [1.82, 2.24) is 9.55 Å². The van der Waals surface area contributed by atoms with E-state index in [1.165, 1.54) is 0 Å². The number of imidazole rings is 1. The van der Waals surface area contributed by atoms with Crippen molar-refractivity contribution >= 4 is 15.9 Å². The van der Waals surface area contributed by atoms with Crippen molar-refractivity contribution < 1.29 is 0 Å². The molecule has 4 heteroatoms. The van der Waals surface area contributed by atoms with E-state index in [1.807, 2.05) is 29.8 Å². The highest BCUT2D eigenvalue weighted by molar-refractivity contribution is 9.10. The molecule has 0 bridgehead atoms. The fourth-order valence-electron chi connectivity index (χ4n) is 1.40. The molecule has 1 aromatic heterocycles. The summed E-state index contributed by atoms with van der Waals surface area (Å²) >= 11 is 3.36. The van der Waals surface area contributed by atoms with E-state index in [0.29, 0.717) is 5.56 Å². The Morgan fingerprint density at radius 2 is 2.27 bits per heavy atom. The minimum atomic E-state index is 0.636. The smallest absolute Gasteiger partial charge is 0.110 e. The van der Waals surface area contributed by atoms with Crippen LogP contribution in [0.4, 0.5) is 0 Å². The Bertz CT molecular complexity index is 537. The van der Waals surface area contributed by atoms with Gasteiger partial charge in [-0.1, -0.05) is 0 Å². The van der Waals surface area contributed by atoms with E-state index in [-0.39, 0.29) is 0 Å². The van der Waals surface area contributed by atoms with Gasteiger partial charge in [0.05, 0.1) is 5.56 Å². The molecular weight excluding hydrogens is 254 g/mol. The minimum absolute atomic E-state index is 0.636. The van der Waals surface area contributed by atoms with Crippen molar-refractivity contribution in [1.29, 1.82) is 5.26 Å². The molecular formula is C11H8BrN3. The van der Waals surface area contributed by atoms with Crippen LogP contribution in [0.25, 0.3) is 5.69 Å². The van der Waals surface area contributed by atoms with Crippen LogP contribution in [0.1, 0.15) is 11.4 Å². The molecule has 0 unspecified atom stereocenters. The lowest BCUT2D eigenvalue weighted by Crippen LogP contribution is -1.95. The zero-order chi connectivity index (χ0) is 10.8. The Balaban J connectivity index is 2.53. The molecule has 0 radical (unpaired) electrons. The van der Waals surface area contributed by atoms with Crippen molar-refractivity contribution in [2.45, 2.75) is 6.92 Å². The van der Waals surface area contributed by atoms with Crippen LogP contribution in [0.3, 0.4) is 0 Å². The lowest BCUT2D eigenvalue weighted by molar-refractivity contribution is 0.973. The second kappa shape index (κ2) is 3.87. The van der Waals surface area contributed by atoms with Crippen LogP contribution < -0.4 is 0 Å². The average molecular weight is 262 g/mol. The number of aryl methyl sites for hydroxylation is 1. The van der Waals surface area contributed by atoms with Crippen molar-refractivity contribution in [3.05, 3.63) is 46.5 Å². The summed E-state index contributed by atoms with van der Waals surface area (Å²) in [5.41, 5.74) is 1.63. The molecule has 1 heterocycles. The molecule has 0 fully saturated rings. The maximum atomic E-state index is 8.80. The van der Waals surface area contributed by atoms with Gasteiger partial charge in [0.1, 0.15) is 11.9 Å². The van der Waals surface area contributed by atoms with E-state index in [9.17, 15) is 0 Å².